The lowest BCUT2D eigenvalue weighted by molar-refractivity contribution is 0.475. The molecule has 0 aliphatic carbocycles. The van der Waals surface area contributed by atoms with Gasteiger partial charge in [-0.15, -0.1) is 0 Å². The minimum absolute atomic E-state index is 0.0357. The number of halogens is 4. The second kappa shape index (κ2) is 5.75. The predicted molar refractivity (Wildman–Crippen MR) is 74.5 cm³/mol. The Labute approximate surface area is 122 Å². The van der Waals surface area contributed by atoms with Crippen molar-refractivity contribution in [1.29, 1.82) is 0 Å². The lowest BCUT2D eigenvalue weighted by Crippen LogP contribution is -2.04. The molecular formula is C13H9BrClF2NO. The Bertz CT molecular complexity index is 599. The van der Waals surface area contributed by atoms with Crippen LogP contribution in [0.15, 0.2) is 34.8 Å². The second-order valence-electron chi connectivity index (χ2n) is 3.88. The monoisotopic (exact) mass is 347 g/mol. The first kappa shape index (κ1) is 14.1. The molecule has 100 valence electrons. The Morgan fingerprint density at radius 2 is 1.79 bits per heavy atom. The third-order valence-electron chi connectivity index (χ3n) is 2.49. The van der Waals surface area contributed by atoms with Crippen molar-refractivity contribution in [2.45, 2.75) is 6.54 Å². The van der Waals surface area contributed by atoms with Crippen LogP contribution < -0.4 is 5.32 Å². The van der Waals surface area contributed by atoms with Gasteiger partial charge < -0.3 is 10.4 Å². The van der Waals surface area contributed by atoms with E-state index >= 15 is 0 Å². The van der Waals surface area contributed by atoms with E-state index in [1.165, 1.54) is 24.3 Å². The van der Waals surface area contributed by atoms with E-state index in [9.17, 15) is 13.9 Å². The van der Waals surface area contributed by atoms with Crippen LogP contribution in [0.25, 0.3) is 0 Å². The molecule has 0 radical (unpaired) electrons. The quantitative estimate of drug-likeness (QED) is 0.843. The van der Waals surface area contributed by atoms with E-state index in [1.807, 2.05) is 0 Å². The molecule has 2 N–H and O–H groups in total. The Morgan fingerprint density at radius 3 is 2.37 bits per heavy atom. The van der Waals surface area contributed by atoms with E-state index in [-0.39, 0.29) is 23.0 Å². The molecule has 0 saturated carbocycles. The van der Waals surface area contributed by atoms with Crippen LogP contribution in [0.4, 0.5) is 14.5 Å². The summed E-state index contributed by atoms with van der Waals surface area (Å²) in [4.78, 5) is 0. The number of phenols is 1. The van der Waals surface area contributed by atoms with E-state index < -0.39 is 11.6 Å². The maximum Gasteiger partial charge on any atom is 0.150 e. The van der Waals surface area contributed by atoms with Crippen molar-refractivity contribution >= 4 is 33.2 Å². The van der Waals surface area contributed by atoms with Gasteiger partial charge in [-0.1, -0.05) is 33.6 Å². The van der Waals surface area contributed by atoms with Gasteiger partial charge in [-0.05, 0) is 29.8 Å². The average Bonchev–Trinajstić information content (AvgIpc) is 2.32. The second-order valence-corrected chi connectivity index (χ2v) is 5.21. The van der Waals surface area contributed by atoms with Gasteiger partial charge in [-0.3, -0.25) is 0 Å². The first-order valence-corrected chi connectivity index (χ1v) is 6.50. The highest BCUT2D eigenvalue weighted by molar-refractivity contribution is 9.10. The van der Waals surface area contributed by atoms with Crippen LogP contribution in [0.1, 0.15) is 5.56 Å². The smallest absolute Gasteiger partial charge is 0.150 e. The summed E-state index contributed by atoms with van der Waals surface area (Å²) in [6.07, 6.45) is 0. The topological polar surface area (TPSA) is 32.3 Å². The zero-order valence-corrected chi connectivity index (χ0v) is 11.9. The molecule has 0 amide bonds. The third-order valence-corrected chi connectivity index (χ3v) is 3.25. The van der Waals surface area contributed by atoms with Gasteiger partial charge in [0.1, 0.15) is 23.1 Å². The van der Waals surface area contributed by atoms with Crippen molar-refractivity contribution in [1.82, 2.24) is 0 Å². The van der Waals surface area contributed by atoms with Gasteiger partial charge >= 0.3 is 0 Å². The SMILES string of the molecule is Oc1ccc(CNc2c(F)cc(Br)cc2F)cc1Cl. The molecule has 2 aromatic rings. The summed E-state index contributed by atoms with van der Waals surface area (Å²) in [6, 6.07) is 6.92. The molecule has 0 spiro atoms. The van der Waals surface area contributed by atoms with Crippen LogP contribution in [0.3, 0.4) is 0 Å². The third kappa shape index (κ3) is 3.36. The summed E-state index contributed by atoms with van der Waals surface area (Å²) in [6.45, 7) is 0.190. The van der Waals surface area contributed by atoms with Gasteiger partial charge in [-0.2, -0.15) is 0 Å². The molecule has 0 bridgehead atoms. The predicted octanol–water partition coefficient (Wildman–Crippen LogP) is 4.70. The summed E-state index contributed by atoms with van der Waals surface area (Å²) >= 11 is 8.75. The number of benzene rings is 2. The van der Waals surface area contributed by atoms with E-state index in [0.717, 1.165) is 0 Å². The first-order valence-electron chi connectivity index (χ1n) is 5.33. The molecule has 19 heavy (non-hydrogen) atoms. The van der Waals surface area contributed by atoms with Gasteiger partial charge in [-0.25, -0.2) is 8.78 Å². The van der Waals surface area contributed by atoms with Crippen molar-refractivity contribution in [2.24, 2.45) is 0 Å². The van der Waals surface area contributed by atoms with Gasteiger partial charge in [0.2, 0.25) is 0 Å². The Balaban J connectivity index is 2.16. The molecule has 0 fully saturated rings. The molecule has 0 heterocycles. The molecule has 0 saturated heterocycles. The Morgan fingerprint density at radius 1 is 1.16 bits per heavy atom. The van der Waals surface area contributed by atoms with Crippen molar-refractivity contribution in [3.8, 4) is 5.75 Å². The van der Waals surface area contributed by atoms with Crippen molar-refractivity contribution < 1.29 is 13.9 Å². The molecule has 0 aliphatic rings. The van der Waals surface area contributed by atoms with Crippen molar-refractivity contribution in [3.63, 3.8) is 0 Å². The average molecular weight is 349 g/mol. The molecule has 0 unspecified atom stereocenters. The van der Waals surface area contributed by atoms with Crippen molar-refractivity contribution in [3.05, 3.63) is 57.0 Å². The minimum Gasteiger partial charge on any atom is -0.506 e. The normalized spacial score (nSPS) is 10.5. The Kier molecular flexibility index (Phi) is 4.27. The maximum absolute atomic E-state index is 13.6. The summed E-state index contributed by atoms with van der Waals surface area (Å²) in [5.41, 5.74) is 0.497. The van der Waals surface area contributed by atoms with Gasteiger partial charge in [0.25, 0.3) is 0 Å². The standard InChI is InChI=1S/C13H9BrClF2NO/c14-8-4-10(16)13(11(17)5-8)18-6-7-1-2-12(19)9(15)3-7/h1-5,18-19H,6H2. The van der Waals surface area contributed by atoms with Crippen LogP contribution in [-0.2, 0) is 6.54 Å². The zero-order valence-electron chi connectivity index (χ0n) is 9.55. The fraction of sp³-hybridized carbons (Fsp3) is 0.0769. The van der Waals surface area contributed by atoms with Crippen molar-refractivity contribution in [2.75, 3.05) is 5.32 Å². The summed E-state index contributed by atoms with van der Waals surface area (Å²) in [5.74, 6) is -1.40. The number of aromatic hydroxyl groups is 1. The molecule has 0 aliphatic heterocycles. The number of nitrogens with one attached hydrogen (secondary N) is 1. The zero-order chi connectivity index (χ0) is 14.0. The highest BCUT2D eigenvalue weighted by Crippen LogP contribution is 2.26. The van der Waals surface area contributed by atoms with E-state index in [1.54, 1.807) is 6.07 Å². The first-order chi connectivity index (χ1) is 8.97. The van der Waals surface area contributed by atoms with Gasteiger partial charge in [0, 0.05) is 11.0 Å². The number of hydrogen-bond donors (Lipinski definition) is 2. The number of rotatable bonds is 3. The molecule has 2 nitrogen and oxygen atoms in total. The van der Waals surface area contributed by atoms with E-state index in [4.69, 9.17) is 11.6 Å². The fourth-order valence-corrected chi connectivity index (χ4v) is 2.17. The van der Waals surface area contributed by atoms with Gasteiger partial charge in [0.15, 0.2) is 0 Å². The molecular weight excluding hydrogens is 340 g/mol. The lowest BCUT2D eigenvalue weighted by atomic mass is 10.2. The highest BCUT2D eigenvalue weighted by atomic mass is 79.9. The molecule has 0 aromatic heterocycles. The van der Waals surface area contributed by atoms with Crippen LogP contribution in [0, 0.1) is 11.6 Å². The fourth-order valence-electron chi connectivity index (χ4n) is 1.56. The number of phenolic OH excluding ortho intramolecular Hbond substituents is 1. The maximum atomic E-state index is 13.6. The summed E-state index contributed by atoms with van der Waals surface area (Å²) < 4.78 is 27.5. The number of anilines is 1. The van der Waals surface area contributed by atoms with E-state index in [2.05, 4.69) is 21.2 Å². The summed E-state index contributed by atoms with van der Waals surface area (Å²) in [5, 5.41) is 12.1. The van der Waals surface area contributed by atoms with Crippen LogP contribution in [0.2, 0.25) is 5.02 Å². The van der Waals surface area contributed by atoms with E-state index in [0.29, 0.717) is 10.0 Å². The Hall–Kier alpha value is -1.33. The number of hydrogen-bond acceptors (Lipinski definition) is 2. The largest absolute Gasteiger partial charge is 0.506 e. The highest BCUT2D eigenvalue weighted by Gasteiger charge is 2.10. The molecule has 6 heteroatoms. The minimum atomic E-state index is -0.684. The summed E-state index contributed by atoms with van der Waals surface area (Å²) in [7, 11) is 0. The van der Waals surface area contributed by atoms with Crippen LogP contribution >= 0.6 is 27.5 Å². The molecule has 2 aromatic carbocycles. The molecule has 2 rings (SSSR count). The molecule has 0 atom stereocenters. The van der Waals surface area contributed by atoms with Gasteiger partial charge in [0.05, 0.1) is 5.02 Å². The lowest BCUT2D eigenvalue weighted by Gasteiger charge is -2.10. The van der Waals surface area contributed by atoms with Crippen LogP contribution in [0.5, 0.6) is 5.75 Å². The van der Waals surface area contributed by atoms with Crippen LogP contribution in [-0.4, -0.2) is 5.11 Å².